The van der Waals surface area contributed by atoms with Crippen LogP contribution in [0.3, 0.4) is 0 Å². The number of esters is 2. The molecule has 0 heterocycles. The number of carboxylic acid groups (broad SMARTS) is 1. The third kappa shape index (κ3) is 9.19. The summed E-state index contributed by atoms with van der Waals surface area (Å²) in [7, 11) is 1.61. The highest BCUT2D eigenvalue weighted by Crippen LogP contribution is 2.27. The van der Waals surface area contributed by atoms with Gasteiger partial charge in [-0.05, 0) is 70.6 Å². The Morgan fingerprint density at radius 2 is 1.55 bits per heavy atom. The normalized spacial score (nSPS) is 10.9. The number of carbonyl (C=O) groups excluding carboxylic acids is 3. The maximum atomic E-state index is 13.5. The van der Waals surface area contributed by atoms with Crippen LogP contribution in [0.2, 0.25) is 0 Å². The molecule has 12 nitrogen and oxygen atoms in total. The van der Waals surface area contributed by atoms with Crippen molar-refractivity contribution in [2.45, 2.75) is 40.4 Å². The van der Waals surface area contributed by atoms with Gasteiger partial charge in [0.25, 0.3) is 5.91 Å². The summed E-state index contributed by atoms with van der Waals surface area (Å²) in [6.45, 7) is 5.14. The number of ether oxygens (including phenoxy) is 2. The Bertz CT molecular complexity index is 1500. The number of rotatable bonds is 15. The van der Waals surface area contributed by atoms with Gasteiger partial charge in [0, 0.05) is 12.7 Å². The zero-order chi connectivity index (χ0) is 32.2. The van der Waals surface area contributed by atoms with E-state index in [1.807, 2.05) is 6.92 Å². The molecule has 44 heavy (non-hydrogen) atoms. The first kappa shape index (κ1) is 33.9. The molecule has 0 saturated carbocycles. The summed E-state index contributed by atoms with van der Waals surface area (Å²) in [6, 6.07) is 14.4. The highest BCUT2D eigenvalue weighted by Gasteiger charge is 2.20. The van der Waals surface area contributed by atoms with Gasteiger partial charge in [-0.25, -0.2) is 20.0 Å². The van der Waals surface area contributed by atoms with Crippen LogP contribution in [0.4, 0.5) is 5.69 Å². The zero-order valence-electron chi connectivity index (χ0n) is 25.0. The molecule has 0 aromatic heterocycles. The molecule has 0 aliphatic carbocycles. The number of aromatic carboxylic acids is 1. The Morgan fingerprint density at radius 1 is 0.841 bits per heavy atom. The first-order chi connectivity index (χ1) is 21.1. The lowest BCUT2D eigenvalue weighted by atomic mass is 9.95. The average Bonchev–Trinajstić information content (AvgIpc) is 3.01. The maximum Gasteiger partial charge on any atom is 0.338 e. The molecule has 0 bridgehead atoms. The topological polar surface area (TPSA) is 170 Å². The van der Waals surface area contributed by atoms with Gasteiger partial charge in [-0.15, -0.1) is 0 Å². The molecule has 0 radical (unpaired) electrons. The van der Waals surface area contributed by atoms with E-state index in [9.17, 15) is 24.3 Å². The Morgan fingerprint density at radius 3 is 2.20 bits per heavy atom. The molecule has 0 saturated heterocycles. The van der Waals surface area contributed by atoms with Gasteiger partial charge in [0.15, 0.2) is 0 Å². The minimum Gasteiger partial charge on any atom is -0.478 e. The van der Waals surface area contributed by atoms with Crippen molar-refractivity contribution in [2.75, 3.05) is 25.6 Å². The summed E-state index contributed by atoms with van der Waals surface area (Å²) in [6.07, 6.45) is 0.544. The first-order valence-electron chi connectivity index (χ1n) is 13.9. The second-order valence-electron chi connectivity index (χ2n) is 10.00. The predicted molar refractivity (Wildman–Crippen MR) is 160 cm³/mol. The highest BCUT2D eigenvalue weighted by atomic mass is 17.1. The predicted octanol–water partition coefficient (Wildman–Crippen LogP) is 4.86. The van der Waals surface area contributed by atoms with Crippen LogP contribution in [0, 0.1) is 5.92 Å². The van der Waals surface area contributed by atoms with Gasteiger partial charge in [0.1, 0.15) is 19.8 Å². The molecular formula is C32H36N2O10. The smallest absolute Gasteiger partial charge is 0.338 e. The van der Waals surface area contributed by atoms with Crippen LogP contribution < -0.4 is 10.8 Å². The summed E-state index contributed by atoms with van der Waals surface area (Å²) in [5, 5.41) is 21.4. The van der Waals surface area contributed by atoms with E-state index in [0.29, 0.717) is 28.7 Å². The third-order valence-corrected chi connectivity index (χ3v) is 6.55. The molecule has 0 spiro atoms. The number of anilines is 1. The van der Waals surface area contributed by atoms with Crippen molar-refractivity contribution >= 4 is 29.5 Å². The van der Waals surface area contributed by atoms with Crippen molar-refractivity contribution in [3.8, 4) is 11.1 Å². The SMILES string of the molecule is CCc1cc(NC(=O)c2cc(-c3ccc(COO)c(CONC)c3)ccc2C(=O)O)cc(C(=O)OCCOC(=O)C(C)C)c1. The van der Waals surface area contributed by atoms with Gasteiger partial charge in [0.2, 0.25) is 0 Å². The maximum absolute atomic E-state index is 13.5. The van der Waals surface area contributed by atoms with Crippen LogP contribution in [0.1, 0.15) is 68.5 Å². The Kier molecular flexibility index (Phi) is 12.5. The van der Waals surface area contributed by atoms with Crippen molar-refractivity contribution < 1.29 is 48.7 Å². The van der Waals surface area contributed by atoms with E-state index in [1.165, 1.54) is 18.2 Å². The van der Waals surface area contributed by atoms with Crippen LogP contribution in [0.15, 0.2) is 54.6 Å². The zero-order valence-corrected chi connectivity index (χ0v) is 25.0. The number of benzene rings is 3. The Balaban J connectivity index is 1.87. The van der Waals surface area contributed by atoms with E-state index in [2.05, 4.69) is 15.7 Å². The molecular weight excluding hydrogens is 572 g/mol. The van der Waals surface area contributed by atoms with E-state index in [4.69, 9.17) is 19.6 Å². The molecule has 4 N–H and O–H groups in total. The van der Waals surface area contributed by atoms with Gasteiger partial charge in [0.05, 0.1) is 29.2 Å². The van der Waals surface area contributed by atoms with E-state index >= 15 is 0 Å². The molecule has 0 aliphatic rings. The van der Waals surface area contributed by atoms with Gasteiger partial charge in [-0.3, -0.25) is 19.7 Å². The molecule has 234 valence electrons. The molecule has 0 unspecified atom stereocenters. The lowest BCUT2D eigenvalue weighted by molar-refractivity contribution is -0.253. The van der Waals surface area contributed by atoms with Crippen molar-refractivity contribution in [1.82, 2.24) is 5.48 Å². The Hall–Kier alpha value is -4.62. The summed E-state index contributed by atoms with van der Waals surface area (Å²) >= 11 is 0. The fourth-order valence-electron chi connectivity index (χ4n) is 4.21. The second kappa shape index (κ2) is 16.3. The van der Waals surface area contributed by atoms with Crippen LogP contribution >= 0.6 is 0 Å². The fourth-order valence-corrected chi connectivity index (χ4v) is 4.21. The fraction of sp³-hybridized carbons (Fsp3) is 0.312. The number of hydrogen-bond acceptors (Lipinski definition) is 10. The molecule has 3 aromatic carbocycles. The molecule has 12 heteroatoms. The van der Waals surface area contributed by atoms with Crippen molar-refractivity contribution in [1.29, 1.82) is 0 Å². The minimum absolute atomic E-state index is 0.0633. The lowest BCUT2D eigenvalue weighted by Crippen LogP contribution is -2.18. The summed E-state index contributed by atoms with van der Waals surface area (Å²) in [5.74, 6) is -3.35. The minimum atomic E-state index is -1.29. The quantitative estimate of drug-likeness (QED) is 0.0804. The number of nitrogens with one attached hydrogen (secondary N) is 2. The monoisotopic (exact) mass is 608 g/mol. The number of carboxylic acids is 1. The van der Waals surface area contributed by atoms with E-state index in [0.717, 1.165) is 5.56 Å². The van der Waals surface area contributed by atoms with Crippen molar-refractivity contribution in [3.05, 3.63) is 88.0 Å². The van der Waals surface area contributed by atoms with Crippen molar-refractivity contribution in [2.24, 2.45) is 5.92 Å². The average molecular weight is 609 g/mol. The number of hydrogen-bond donors (Lipinski definition) is 4. The number of amides is 1. The Labute approximate surface area is 254 Å². The van der Waals surface area contributed by atoms with E-state index in [1.54, 1.807) is 57.3 Å². The number of aryl methyl sites for hydroxylation is 1. The second-order valence-corrected chi connectivity index (χ2v) is 10.00. The van der Waals surface area contributed by atoms with Crippen molar-refractivity contribution in [3.63, 3.8) is 0 Å². The third-order valence-electron chi connectivity index (χ3n) is 6.55. The molecule has 0 fully saturated rings. The van der Waals surface area contributed by atoms with E-state index in [-0.39, 0.29) is 54.7 Å². The van der Waals surface area contributed by atoms with Gasteiger partial charge < -0.3 is 19.9 Å². The van der Waals surface area contributed by atoms with E-state index < -0.39 is 23.8 Å². The molecule has 3 rings (SSSR count). The van der Waals surface area contributed by atoms with Gasteiger partial charge in [-0.1, -0.05) is 39.0 Å². The van der Waals surface area contributed by atoms with Gasteiger partial charge in [-0.2, -0.15) is 0 Å². The van der Waals surface area contributed by atoms with Crippen LogP contribution in [-0.2, 0) is 43.6 Å². The molecule has 1 amide bonds. The molecule has 0 aliphatic heterocycles. The first-order valence-corrected chi connectivity index (χ1v) is 13.9. The highest BCUT2D eigenvalue weighted by molar-refractivity contribution is 6.11. The van der Waals surface area contributed by atoms with Crippen LogP contribution in [0.5, 0.6) is 0 Å². The lowest BCUT2D eigenvalue weighted by Gasteiger charge is -2.14. The standard InChI is InChI=1S/C32H36N2O10/c1-5-20-12-24(32(39)42-11-10-41-31(38)19(2)3)15-26(13-20)34-29(35)28-16-22(8-9-27(28)30(36)37)21-6-7-23(18-44-40)25(14-21)17-43-33-4/h6-9,12-16,19,33,40H,5,10-11,17-18H2,1-4H3,(H,34,35)(H,36,37). The largest absolute Gasteiger partial charge is 0.478 e. The van der Waals surface area contributed by atoms with Crippen LogP contribution in [-0.4, -0.2) is 54.4 Å². The summed E-state index contributed by atoms with van der Waals surface area (Å²) in [5.41, 5.74) is 6.06. The summed E-state index contributed by atoms with van der Waals surface area (Å²) in [4.78, 5) is 59.4. The molecule has 3 aromatic rings. The van der Waals surface area contributed by atoms with Crippen LogP contribution in [0.25, 0.3) is 11.1 Å². The van der Waals surface area contributed by atoms with Gasteiger partial charge >= 0.3 is 17.9 Å². The summed E-state index contributed by atoms with van der Waals surface area (Å²) < 4.78 is 10.3. The number of hydroxylamine groups is 1. The number of carbonyl (C=O) groups is 4. The molecule has 0 atom stereocenters.